The van der Waals surface area contributed by atoms with Crippen LogP contribution in [0.2, 0.25) is 5.02 Å². The maximum atomic E-state index is 12.6. The molecule has 0 unspecified atom stereocenters. The van der Waals surface area contributed by atoms with E-state index in [1.807, 2.05) is 6.07 Å². The monoisotopic (exact) mass is 403 g/mol. The molecule has 8 heteroatoms. The van der Waals surface area contributed by atoms with Gasteiger partial charge in [0.15, 0.2) is 0 Å². The molecular formula is C19H18ClN3O3S. The smallest absolute Gasteiger partial charge is 0.253 e. The van der Waals surface area contributed by atoms with Crippen LogP contribution < -0.4 is 4.72 Å². The highest BCUT2D eigenvalue weighted by Crippen LogP contribution is 2.19. The van der Waals surface area contributed by atoms with E-state index < -0.39 is 10.0 Å². The molecule has 1 saturated heterocycles. The summed E-state index contributed by atoms with van der Waals surface area (Å²) in [5, 5.41) is 9.43. The number of hydrogen-bond donors (Lipinski definition) is 1. The summed E-state index contributed by atoms with van der Waals surface area (Å²) in [5.74, 6) is -0.147. The van der Waals surface area contributed by atoms with Crippen molar-refractivity contribution in [3.05, 3.63) is 64.7 Å². The van der Waals surface area contributed by atoms with Crippen LogP contribution in [0.25, 0.3) is 0 Å². The first-order chi connectivity index (χ1) is 12.9. The first-order valence-corrected chi connectivity index (χ1v) is 10.3. The fraction of sp³-hybridized carbons (Fsp3) is 0.263. The SMILES string of the molecule is N#Cc1cccc(C(=O)N2CCC(NS(=O)(=O)c3ccc(Cl)cc3)CC2)c1. The number of carbonyl (C=O) groups excluding carboxylic acids is 1. The maximum Gasteiger partial charge on any atom is 0.253 e. The molecule has 0 aliphatic carbocycles. The number of nitriles is 1. The molecule has 1 fully saturated rings. The van der Waals surface area contributed by atoms with E-state index in [0.717, 1.165) is 0 Å². The molecule has 0 spiro atoms. The number of hydrogen-bond acceptors (Lipinski definition) is 4. The van der Waals surface area contributed by atoms with Gasteiger partial charge in [0.25, 0.3) is 5.91 Å². The zero-order valence-corrected chi connectivity index (χ0v) is 16.0. The summed E-state index contributed by atoms with van der Waals surface area (Å²) < 4.78 is 27.6. The largest absolute Gasteiger partial charge is 0.339 e. The Labute approximate surface area is 163 Å². The Bertz CT molecular complexity index is 976. The van der Waals surface area contributed by atoms with Crippen molar-refractivity contribution >= 4 is 27.5 Å². The Morgan fingerprint density at radius 1 is 1.15 bits per heavy atom. The standard InChI is InChI=1S/C19H18ClN3O3S/c20-16-4-6-18(7-5-16)27(25,26)22-17-8-10-23(11-9-17)19(24)15-3-1-2-14(12-15)13-21/h1-7,12,17,22H,8-11H2. The maximum absolute atomic E-state index is 12.6. The van der Waals surface area contributed by atoms with Gasteiger partial charge in [-0.2, -0.15) is 5.26 Å². The fourth-order valence-corrected chi connectivity index (χ4v) is 4.44. The number of amides is 1. The molecule has 2 aromatic rings. The second-order valence-corrected chi connectivity index (χ2v) is 8.48. The van der Waals surface area contributed by atoms with E-state index in [0.29, 0.717) is 42.1 Å². The lowest BCUT2D eigenvalue weighted by molar-refractivity contribution is 0.0711. The fourth-order valence-electron chi connectivity index (χ4n) is 3.01. The first-order valence-electron chi connectivity index (χ1n) is 8.46. The van der Waals surface area contributed by atoms with E-state index in [4.69, 9.17) is 16.9 Å². The zero-order chi connectivity index (χ0) is 19.4. The Morgan fingerprint density at radius 2 is 1.81 bits per heavy atom. The molecule has 0 atom stereocenters. The molecule has 1 amide bonds. The molecule has 0 radical (unpaired) electrons. The number of piperidine rings is 1. The highest BCUT2D eigenvalue weighted by atomic mass is 35.5. The number of carbonyl (C=O) groups is 1. The summed E-state index contributed by atoms with van der Waals surface area (Å²) in [6.45, 7) is 0.896. The highest BCUT2D eigenvalue weighted by Gasteiger charge is 2.27. The average Bonchev–Trinajstić information content (AvgIpc) is 2.68. The van der Waals surface area contributed by atoms with Crippen LogP contribution in [0.5, 0.6) is 0 Å². The van der Waals surface area contributed by atoms with Gasteiger partial charge in [0, 0.05) is 29.7 Å². The Hall–Kier alpha value is -2.40. The molecule has 140 valence electrons. The molecule has 1 aliphatic heterocycles. The van der Waals surface area contributed by atoms with Crippen molar-refractivity contribution in [3.8, 4) is 6.07 Å². The molecular weight excluding hydrogens is 386 g/mol. The Balaban J connectivity index is 1.61. The summed E-state index contributed by atoms with van der Waals surface area (Å²) in [6.07, 6.45) is 1.05. The molecule has 6 nitrogen and oxygen atoms in total. The zero-order valence-electron chi connectivity index (χ0n) is 14.4. The van der Waals surface area contributed by atoms with Crippen molar-refractivity contribution in [2.45, 2.75) is 23.8 Å². The summed E-state index contributed by atoms with van der Waals surface area (Å²) in [7, 11) is -3.62. The third-order valence-electron chi connectivity index (χ3n) is 4.47. The van der Waals surface area contributed by atoms with Gasteiger partial charge < -0.3 is 4.90 Å². The van der Waals surface area contributed by atoms with Crippen LogP contribution in [0, 0.1) is 11.3 Å². The molecule has 0 bridgehead atoms. The van der Waals surface area contributed by atoms with Gasteiger partial charge in [0.2, 0.25) is 10.0 Å². The van der Waals surface area contributed by atoms with E-state index in [9.17, 15) is 13.2 Å². The normalized spacial score (nSPS) is 15.3. The summed E-state index contributed by atoms with van der Waals surface area (Å²) in [4.78, 5) is 14.4. The van der Waals surface area contributed by atoms with Gasteiger partial charge in [-0.05, 0) is 55.3 Å². The number of nitrogens with one attached hydrogen (secondary N) is 1. The van der Waals surface area contributed by atoms with Crippen LogP contribution in [-0.4, -0.2) is 38.4 Å². The highest BCUT2D eigenvalue weighted by molar-refractivity contribution is 7.89. The summed E-state index contributed by atoms with van der Waals surface area (Å²) in [6, 6.07) is 14.4. The van der Waals surface area contributed by atoms with Gasteiger partial charge in [0.1, 0.15) is 0 Å². The van der Waals surface area contributed by atoms with Crippen LogP contribution in [0.3, 0.4) is 0 Å². The van der Waals surface area contributed by atoms with Gasteiger partial charge in [-0.25, -0.2) is 13.1 Å². The lowest BCUT2D eigenvalue weighted by Crippen LogP contribution is -2.46. The number of nitrogens with zero attached hydrogens (tertiary/aromatic N) is 2. The van der Waals surface area contributed by atoms with E-state index in [-0.39, 0.29) is 16.8 Å². The van der Waals surface area contributed by atoms with E-state index in [1.165, 1.54) is 24.3 Å². The third kappa shape index (κ3) is 4.66. The van der Waals surface area contributed by atoms with Crippen LogP contribution in [0.1, 0.15) is 28.8 Å². The van der Waals surface area contributed by atoms with Crippen molar-refractivity contribution in [1.82, 2.24) is 9.62 Å². The molecule has 0 aromatic heterocycles. The predicted molar refractivity (Wildman–Crippen MR) is 102 cm³/mol. The Kier molecular flexibility index (Phi) is 5.80. The number of halogens is 1. The summed E-state index contributed by atoms with van der Waals surface area (Å²) in [5.41, 5.74) is 0.903. The quantitative estimate of drug-likeness (QED) is 0.849. The van der Waals surface area contributed by atoms with Crippen molar-refractivity contribution in [1.29, 1.82) is 5.26 Å². The molecule has 0 saturated carbocycles. The molecule has 1 aliphatic rings. The molecule has 27 heavy (non-hydrogen) atoms. The second-order valence-electron chi connectivity index (χ2n) is 6.33. The van der Waals surface area contributed by atoms with E-state index in [2.05, 4.69) is 4.72 Å². The molecule has 2 aromatic carbocycles. The Morgan fingerprint density at radius 3 is 2.44 bits per heavy atom. The molecule has 3 rings (SSSR count). The van der Waals surface area contributed by atoms with Crippen molar-refractivity contribution in [2.75, 3.05) is 13.1 Å². The van der Waals surface area contributed by atoms with Gasteiger partial charge >= 0.3 is 0 Å². The van der Waals surface area contributed by atoms with Crippen LogP contribution in [-0.2, 0) is 10.0 Å². The first kappa shape index (κ1) is 19.4. The van der Waals surface area contributed by atoms with Gasteiger partial charge in [-0.15, -0.1) is 0 Å². The minimum atomic E-state index is -3.62. The molecule has 1 heterocycles. The van der Waals surface area contributed by atoms with Gasteiger partial charge in [0.05, 0.1) is 16.5 Å². The topological polar surface area (TPSA) is 90.3 Å². The number of sulfonamides is 1. The van der Waals surface area contributed by atoms with Crippen molar-refractivity contribution in [2.24, 2.45) is 0 Å². The lowest BCUT2D eigenvalue weighted by Gasteiger charge is -2.32. The number of benzene rings is 2. The van der Waals surface area contributed by atoms with Crippen molar-refractivity contribution < 1.29 is 13.2 Å². The summed E-state index contributed by atoms with van der Waals surface area (Å²) >= 11 is 5.80. The number of likely N-dealkylation sites (tertiary alicyclic amines) is 1. The van der Waals surface area contributed by atoms with E-state index >= 15 is 0 Å². The van der Waals surface area contributed by atoms with Crippen LogP contribution >= 0.6 is 11.6 Å². The second kappa shape index (κ2) is 8.09. The molecule has 1 N–H and O–H groups in total. The minimum absolute atomic E-state index is 0.147. The van der Waals surface area contributed by atoms with Gasteiger partial charge in [-0.1, -0.05) is 17.7 Å². The minimum Gasteiger partial charge on any atom is -0.339 e. The van der Waals surface area contributed by atoms with Crippen molar-refractivity contribution in [3.63, 3.8) is 0 Å². The number of rotatable bonds is 4. The lowest BCUT2D eigenvalue weighted by atomic mass is 10.0. The van der Waals surface area contributed by atoms with Crippen LogP contribution in [0.15, 0.2) is 53.4 Å². The van der Waals surface area contributed by atoms with E-state index in [1.54, 1.807) is 29.2 Å². The third-order valence-corrected chi connectivity index (χ3v) is 6.25. The van der Waals surface area contributed by atoms with Crippen LogP contribution in [0.4, 0.5) is 0 Å². The predicted octanol–water partition coefficient (Wildman–Crippen LogP) is 2.79. The van der Waals surface area contributed by atoms with Gasteiger partial charge in [-0.3, -0.25) is 4.79 Å². The average molecular weight is 404 g/mol.